The Labute approximate surface area is 122 Å². The van der Waals surface area contributed by atoms with E-state index in [4.69, 9.17) is 9.84 Å². The molecule has 8 heteroatoms. The summed E-state index contributed by atoms with van der Waals surface area (Å²) < 4.78 is 28.1. The number of sulfone groups is 1. The molecule has 1 aromatic rings. The number of benzene rings is 1. The van der Waals surface area contributed by atoms with E-state index in [1.165, 1.54) is 12.1 Å². The number of nitrogens with one attached hydrogen (secondary N) is 1. The molecule has 1 aromatic carbocycles. The molecule has 0 aliphatic carbocycles. The molecule has 0 heterocycles. The monoisotopic (exact) mass is 315 g/mol. The highest BCUT2D eigenvalue weighted by Gasteiger charge is 2.14. The Morgan fingerprint density at radius 3 is 2.48 bits per heavy atom. The molecule has 0 aliphatic heterocycles. The Morgan fingerprint density at radius 1 is 1.29 bits per heavy atom. The van der Waals surface area contributed by atoms with Crippen molar-refractivity contribution in [1.29, 1.82) is 0 Å². The maximum atomic E-state index is 11.6. The molecular weight excluding hydrogens is 298 g/mol. The van der Waals surface area contributed by atoms with Crippen LogP contribution in [0.5, 0.6) is 0 Å². The van der Waals surface area contributed by atoms with Crippen molar-refractivity contribution in [2.24, 2.45) is 0 Å². The number of anilines is 1. The van der Waals surface area contributed by atoms with E-state index in [1.807, 2.05) is 0 Å². The van der Waals surface area contributed by atoms with E-state index in [1.54, 1.807) is 6.92 Å². The number of amides is 1. The zero-order valence-corrected chi connectivity index (χ0v) is 12.6. The Morgan fingerprint density at radius 2 is 1.95 bits per heavy atom. The fraction of sp³-hybridized carbons (Fsp3) is 0.385. The first kappa shape index (κ1) is 17.1. The lowest BCUT2D eigenvalue weighted by atomic mass is 10.2. The van der Waals surface area contributed by atoms with Gasteiger partial charge in [0.1, 0.15) is 0 Å². The van der Waals surface area contributed by atoms with E-state index >= 15 is 0 Å². The van der Waals surface area contributed by atoms with Gasteiger partial charge in [0.2, 0.25) is 5.91 Å². The van der Waals surface area contributed by atoms with Crippen molar-refractivity contribution < 1.29 is 27.9 Å². The Hall–Kier alpha value is -1.93. The molecule has 0 bridgehead atoms. The van der Waals surface area contributed by atoms with Crippen LogP contribution < -0.4 is 5.32 Å². The van der Waals surface area contributed by atoms with Crippen molar-refractivity contribution in [2.45, 2.75) is 18.2 Å². The van der Waals surface area contributed by atoms with Gasteiger partial charge in [0, 0.05) is 18.6 Å². The van der Waals surface area contributed by atoms with Gasteiger partial charge >= 0.3 is 5.97 Å². The predicted octanol–water partition coefficient (Wildman–Crippen LogP) is 1.15. The molecule has 0 radical (unpaired) electrons. The fourth-order valence-electron chi connectivity index (χ4n) is 1.54. The molecule has 1 rings (SSSR count). The summed E-state index contributed by atoms with van der Waals surface area (Å²) in [5.74, 6) is -1.66. The van der Waals surface area contributed by atoms with Gasteiger partial charge in [-0.15, -0.1) is 0 Å². The molecule has 2 N–H and O–H groups in total. The van der Waals surface area contributed by atoms with Gasteiger partial charge in [-0.25, -0.2) is 13.2 Å². The molecular formula is C13H17NO6S. The number of hydrogen-bond acceptors (Lipinski definition) is 5. The normalized spacial score (nSPS) is 11.1. The molecule has 0 fully saturated rings. The SMILES string of the molecule is CCOCCC(=O)Nc1cc(C(=O)O)cc(S(C)(=O)=O)c1. The summed E-state index contributed by atoms with van der Waals surface area (Å²) >= 11 is 0. The summed E-state index contributed by atoms with van der Waals surface area (Å²) in [4.78, 5) is 22.5. The van der Waals surface area contributed by atoms with Crippen LogP contribution in [0.1, 0.15) is 23.7 Å². The highest BCUT2D eigenvalue weighted by molar-refractivity contribution is 7.90. The van der Waals surface area contributed by atoms with E-state index < -0.39 is 15.8 Å². The van der Waals surface area contributed by atoms with Gasteiger partial charge in [-0.1, -0.05) is 0 Å². The summed E-state index contributed by atoms with van der Waals surface area (Å²) in [5.41, 5.74) is -0.0881. The van der Waals surface area contributed by atoms with Crippen LogP contribution >= 0.6 is 0 Å². The maximum absolute atomic E-state index is 11.6. The molecule has 0 saturated carbocycles. The number of aromatic carboxylic acids is 1. The van der Waals surface area contributed by atoms with Gasteiger partial charge in [0.05, 0.1) is 23.5 Å². The van der Waals surface area contributed by atoms with Crippen LogP contribution in [-0.4, -0.2) is 44.9 Å². The average molecular weight is 315 g/mol. The van der Waals surface area contributed by atoms with Crippen LogP contribution in [0.3, 0.4) is 0 Å². The second-order valence-electron chi connectivity index (χ2n) is 4.32. The Balaban J connectivity index is 2.99. The van der Waals surface area contributed by atoms with Crippen LogP contribution in [0.2, 0.25) is 0 Å². The van der Waals surface area contributed by atoms with E-state index in [2.05, 4.69) is 5.32 Å². The molecule has 0 aromatic heterocycles. The highest BCUT2D eigenvalue weighted by Crippen LogP contribution is 2.19. The summed E-state index contributed by atoms with van der Waals surface area (Å²) in [7, 11) is -3.58. The first-order valence-corrected chi connectivity index (χ1v) is 8.09. The third kappa shape index (κ3) is 5.52. The van der Waals surface area contributed by atoms with Crippen molar-refractivity contribution in [2.75, 3.05) is 24.8 Å². The quantitative estimate of drug-likeness (QED) is 0.730. The molecule has 21 heavy (non-hydrogen) atoms. The van der Waals surface area contributed by atoms with Crippen LogP contribution in [-0.2, 0) is 19.4 Å². The third-order valence-corrected chi connectivity index (χ3v) is 3.63. The molecule has 0 aliphatic rings. The number of ether oxygens (including phenoxy) is 1. The predicted molar refractivity (Wildman–Crippen MR) is 76.3 cm³/mol. The van der Waals surface area contributed by atoms with Crippen molar-refractivity contribution >= 4 is 27.4 Å². The molecule has 0 atom stereocenters. The molecule has 0 unspecified atom stereocenters. The first-order valence-electron chi connectivity index (χ1n) is 6.20. The average Bonchev–Trinajstić information content (AvgIpc) is 2.37. The van der Waals surface area contributed by atoms with Gasteiger partial charge < -0.3 is 15.2 Å². The lowest BCUT2D eigenvalue weighted by Gasteiger charge is -2.08. The lowest BCUT2D eigenvalue weighted by Crippen LogP contribution is -2.15. The third-order valence-electron chi connectivity index (χ3n) is 2.54. The molecule has 7 nitrogen and oxygen atoms in total. The summed E-state index contributed by atoms with van der Waals surface area (Å²) in [5, 5.41) is 11.4. The Bertz CT molecular complexity index is 638. The minimum atomic E-state index is -3.58. The minimum absolute atomic E-state index is 0.0966. The number of carbonyl (C=O) groups excluding carboxylic acids is 1. The molecule has 116 valence electrons. The largest absolute Gasteiger partial charge is 0.478 e. The zero-order valence-electron chi connectivity index (χ0n) is 11.8. The molecule has 0 spiro atoms. The van der Waals surface area contributed by atoms with E-state index in [9.17, 15) is 18.0 Å². The smallest absolute Gasteiger partial charge is 0.335 e. The lowest BCUT2D eigenvalue weighted by molar-refractivity contribution is -0.117. The highest BCUT2D eigenvalue weighted by atomic mass is 32.2. The van der Waals surface area contributed by atoms with Crippen molar-refractivity contribution in [3.63, 3.8) is 0 Å². The van der Waals surface area contributed by atoms with Crippen molar-refractivity contribution in [3.8, 4) is 0 Å². The Kier molecular flexibility index (Phi) is 5.86. The van der Waals surface area contributed by atoms with Gasteiger partial charge in [-0.05, 0) is 25.1 Å². The van der Waals surface area contributed by atoms with E-state index in [0.29, 0.717) is 6.61 Å². The molecule has 0 saturated heterocycles. The maximum Gasteiger partial charge on any atom is 0.335 e. The van der Waals surface area contributed by atoms with Gasteiger partial charge in [-0.3, -0.25) is 4.79 Å². The number of carbonyl (C=O) groups is 2. The second-order valence-corrected chi connectivity index (χ2v) is 6.33. The summed E-state index contributed by atoms with van der Waals surface area (Å²) in [6.45, 7) is 2.52. The first-order chi connectivity index (χ1) is 9.74. The van der Waals surface area contributed by atoms with Crippen LogP contribution in [0.15, 0.2) is 23.1 Å². The molecule has 1 amide bonds. The zero-order chi connectivity index (χ0) is 16.0. The number of rotatable bonds is 7. The summed E-state index contributed by atoms with van der Waals surface area (Å²) in [6, 6.07) is 3.48. The van der Waals surface area contributed by atoms with Crippen molar-refractivity contribution in [1.82, 2.24) is 0 Å². The summed E-state index contributed by atoms with van der Waals surface area (Å²) in [6.07, 6.45) is 1.06. The number of carboxylic acids is 1. The van der Waals surface area contributed by atoms with Crippen LogP contribution in [0.25, 0.3) is 0 Å². The van der Waals surface area contributed by atoms with Gasteiger partial charge in [0.15, 0.2) is 9.84 Å². The fourth-order valence-corrected chi connectivity index (χ4v) is 2.22. The second kappa shape index (κ2) is 7.19. The van der Waals surface area contributed by atoms with Crippen LogP contribution in [0, 0.1) is 0 Å². The van der Waals surface area contributed by atoms with E-state index in [0.717, 1.165) is 12.3 Å². The number of carboxylic acid groups (broad SMARTS) is 1. The van der Waals surface area contributed by atoms with Crippen LogP contribution in [0.4, 0.5) is 5.69 Å². The topological polar surface area (TPSA) is 110 Å². The van der Waals surface area contributed by atoms with Gasteiger partial charge in [-0.2, -0.15) is 0 Å². The standard InChI is InChI=1S/C13H17NO6S/c1-3-20-5-4-12(15)14-10-6-9(13(16)17)7-11(8-10)21(2,18)19/h6-8H,3-5H2,1-2H3,(H,14,15)(H,16,17). The van der Waals surface area contributed by atoms with Gasteiger partial charge in [0.25, 0.3) is 0 Å². The van der Waals surface area contributed by atoms with E-state index in [-0.39, 0.29) is 35.1 Å². The minimum Gasteiger partial charge on any atom is -0.478 e. The number of hydrogen-bond donors (Lipinski definition) is 2. The van der Waals surface area contributed by atoms with Crippen molar-refractivity contribution in [3.05, 3.63) is 23.8 Å².